The minimum atomic E-state index is -0.854. The Morgan fingerprint density at radius 3 is 3.31 bits per heavy atom. The number of aliphatic carboxylic acids is 1. The first-order valence-electron chi connectivity index (χ1n) is 4.01. The number of nitrogens with zero attached hydrogens (tertiary/aromatic N) is 1. The summed E-state index contributed by atoms with van der Waals surface area (Å²) < 4.78 is 0. The lowest BCUT2D eigenvalue weighted by Crippen LogP contribution is -2.46. The number of thiazole rings is 1. The van der Waals surface area contributed by atoms with E-state index in [1.54, 1.807) is 12.4 Å². The van der Waals surface area contributed by atoms with Gasteiger partial charge in [0.15, 0.2) is 0 Å². The van der Waals surface area contributed by atoms with Crippen LogP contribution in [0.3, 0.4) is 0 Å². The minimum absolute atomic E-state index is 0.457. The van der Waals surface area contributed by atoms with E-state index in [9.17, 15) is 4.79 Å². The monoisotopic (exact) mass is 198 g/mol. The van der Waals surface area contributed by atoms with Gasteiger partial charge in [0.1, 0.15) is 5.41 Å². The molecular formula is C8H10N2O2S. The summed E-state index contributed by atoms with van der Waals surface area (Å²) >= 11 is 1.51. The number of carbonyl (C=O) groups is 1. The molecule has 1 unspecified atom stereocenters. The first-order chi connectivity index (χ1) is 6.14. The molecule has 1 atom stereocenters. The van der Waals surface area contributed by atoms with E-state index in [-0.39, 0.29) is 0 Å². The molecule has 0 bridgehead atoms. The van der Waals surface area contributed by atoms with Crippen molar-refractivity contribution in [3.63, 3.8) is 0 Å². The molecule has 0 amide bonds. The first kappa shape index (κ1) is 8.65. The van der Waals surface area contributed by atoms with Crippen LogP contribution in [-0.4, -0.2) is 22.6 Å². The van der Waals surface area contributed by atoms with Crippen molar-refractivity contribution < 1.29 is 9.90 Å². The number of rotatable bonds is 1. The molecule has 2 N–H and O–H groups in total. The summed E-state index contributed by atoms with van der Waals surface area (Å²) in [5.41, 5.74) is 1.58. The SMILES string of the molecule is CC1(C(=O)O)CNCc2scnc21. The lowest BCUT2D eigenvalue weighted by atomic mass is 9.84. The van der Waals surface area contributed by atoms with Crippen molar-refractivity contribution in [2.75, 3.05) is 6.54 Å². The van der Waals surface area contributed by atoms with Crippen molar-refractivity contribution in [2.24, 2.45) is 0 Å². The van der Waals surface area contributed by atoms with Gasteiger partial charge in [0, 0.05) is 18.0 Å². The molecule has 1 aromatic heterocycles. The van der Waals surface area contributed by atoms with E-state index in [0.717, 1.165) is 17.1 Å². The van der Waals surface area contributed by atoms with E-state index in [1.807, 2.05) is 0 Å². The Labute approximate surface area is 79.6 Å². The molecule has 2 heterocycles. The van der Waals surface area contributed by atoms with Gasteiger partial charge >= 0.3 is 5.97 Å². The normalized spacial score (nSPS) is 26.8. The van der Waals surface area contributed by atoms with E-state index in [4.69, 9.17) is 5.11 Å². The van der Waals surface area contributed by atoms with Gasteiger partial charge in [-0.1, -0.05) is 0 Å². The Kier molecular flexibility index (Phi) is 1.85. The second kappa shape index (κ2) is 2.78. The Balaban J connectivity index is 2.51. The number of nitrogens with one attached hydrogen (secondary N) is 1. The number of fused-ring (bicyclic) bond motifs is 1. The lowest BCUT2D eigenvalue weighted by molar-refractivity contribution is -0.143. The van der Waals surface area contributed by atoms with Crippen LogP contribution in [0.4, 0.5) is 0 Å². The Hall–Kier alpha value is -0.940. The van der Waals surface area contributed by atoms with Gasteiger partial charge in [-0.25, -0.2) is 4.98 Å². The van der Waals surface area contributed by atoms with Crippen molar-refractivity contribution in [1.82, 2.24) is 10.3 Å². The zero-order chi connectivity index (χ0) is 9.47. The van der Waals surface area contributed by atoms with Gasteiger partial charge in [-0.15, -0.1) is 11.3 Å². The fourth-order valence-corrected chi connectivity index (χ4v) is 2.39. The van der Waals surface area contributed by atoms with E-state index >= 15 is 0 Å². The molecule has 70 valence electrons. The fraction of sp³-hybridized carbons (Fsp3) is 0.500. The van der Waals surface area contributed by atoms with Crippen molar-refractivity contribution in [1.29, 1.82) is 0 Å². The minimum Gasteiger partial charge on any atom is -0.481 e. The molecule has 1 aliphatic heterocycles. The van der Waals surface area contributed by atoms with Gasteiger partial charge in [0.2, 0.25) is 0 Å². The summed E-state index contributed by atoms with van der Waals surface area (Å²) in [6.45, 7) is 2.90. The smallest absolute Gasteiger partial charge is 0.316 e. The number of hydrogen-bond donors (Lipinski definition) is 2. The highest BCUT2D eigenvalue weighted by atomic mass is 32.1. The van der Waals surface area contributed by atoms with Gasteiger partial charge in [-0.2, -0.15) is 0 Å². The first-order valence-corrected chi connectivity index (χ1v) is 4.89. The average Bonchev–Trinajstić information content (AvgIpc) is 2.53. The molecule has 0 radical (unpaired) electrons. The van der Waals surface area contributed by atoms with Crippen LogP contribution in [0.15, 0.2) is 5.51 Å². The van der Waals surface area contributed by atoms with Gasteiger partial charge < -0.3 is 10.4 Å². The molecule has 1 aliphatic rings. The topological polar surface area (TPSA) is 62.2 Å². The molecule has 13 heavy (non-hydrogen) atoms. The predicted octanol–water partition coefficient (Wildman–Crippen LogP) is 0.589. The molecule has 0 fully saturated rings. The second-order valence-corrected chi connectivity index (χ2v) is 4.30. The summed E-state index contributed by atoms with van der Waals surface area (Å²) in [5, 5.41) is 12.2. The number of carboxylic acid groups (broad SMARTS) is 1. The largest absolute Gasteiger partial charge is 0.481 e. The lowest BCUT2D eigenvalue weighted by Gasteiger charge is -2.28. The van der Waals surface area contributed by atoms with E-state index < -0.39 is 11.4 Å². The highest BCUT2D eigenvalue weighted by Gasteiger charge is 2.41. The molecule has 5 heteroatoms. The maximum absolute atomic E-state index is 11.1. The summed E-state index contributed by atoms with van der Waals surface area (Å²) in [7, 11) is 0. The summed E-state index contributed by atoms with van der Waals surface area (Å²) in [6, 6.07) is 0. The molecule has 1 aromatic rings. The van der Waals surface area contributed by atoms with Crippen molar-refractivity contribution >= 4 is 17.3 Å². The molecule has 0 saturated heterocycles. The van der Waals surface area contributed by atoms with E-state index in [2.05, 4.69) is 10.3 Å². The van der Waals surface area contributed by atoms with Crippen LogP contribution in [0.25, 0.3) is 0 Å². The number of aromatic nitrogens is 1. The number of carboxylic acids is 1. The van der Waals surface area contributed by atoms with E-state index in [1.165, 1.54) is 11.3 Å². The average molecular weight is 198 g/mol. The maximum Gasteiger partial charge on any atom is 0.316 e. The fourth-order valence-electron chi connectivity index (χ4n) is 1.53. The van der Waals surface area contributed by atoms with E-state index in [0.29, 0.717) is 6.54 Å². The van der Waals surface area contributed by atoms with Crippen LogP contribution in [0.2, 0.25) is 0 Å². The molecular weight excluding hydrogens is 188 g/mol. The van der Waals surface area contributed by atoms with Crippen LogP contribution >= 0.6 is 11.3 Å². The summed E-state index contributed by atoms with van der Waals surface area (Å²) in [6.07, 6.45) is 0. The zero-order valence-electron chi connectivity index (χ0n) is 7.20. The van der Waals surface area contributed by atoms with Gasteiger partial charge in [-0.3, -0.25) is 4.79 Å². The second-order valence-electron chi connectivity index (χ2n) is 3.36. The highest BCUT2D eigenvalue weighted by molar-refractivity contribution is 7.09. The van der Waals surface area contributed by atoms with Crippen molar-refractivity contribution in [3.8, 4) is 0 Å². The molecule has 0 saturated carbocycles. The van der Waals surface area contributed by atoms with Gasteiger partial charge in [0.25, 0.3) is 0 Å². The third-order valence-electron chi connectivity index (χ3n) is 2.40. The Morgan fingerprint density at radius 1 is 1.85 bits per heavy atom. The molecule has 2 rings (SSSR count). The van der Waals surface area contributed by atoms with Crippen LogP contribution in [-0.2, 0) is 16.8 Å². The highest BCUT2D eigenvalue weighted by Crippen LogP contribution is 2.31. The third-order valence-corrected chi connectivity index (χ3v) is 3.23. The predicted molar refractivity (Wildman–Crippen MR) is 48.8 cm³/mol. The van der Waals surface area contributed by atoms with Crippen molar-refractivity contribution in [2.45, 2.75) is 18.9 Å². The van der Waals surface area contributed by atoms with Gasteiger partial charge in [-0.05, 0) is 6.92 Å². The quantitative estimate of drug-likeness (QED) is 0.693. The maximum atomic E-state index is 11.1. The van der Waals surface area contributed by atoms with Crippen LogP contribution in [0.1, 0.15) is 17.5 Å². The summed E-state index contributed by atoms with van der Waals surface area (Å²) in [5.74, 6) is -0.813. The molecule has 0 aliphatic carbocycles. The zero-order valence-corrected chi connectivity index (χ0v) is 8.02. The van der Waals surface area contributed by atoms with Crippen molar-refractivity contribution in [3.05, 3.63) is 16.1 Å². The van der Waals surface area contributed by atoms with Crippen LogP contribution in [0.5, 0.6) is 0 Å². The standard InChI is InChI=1S/C8H10N2O2S/c1-8(7(11)12)3-9-2-5-6(8)10-4-13-5/h4,9H,2-3H2,1H3,(H,11,12). The van der Waals surface area contributed by atoms with Gasteiger partial charge in [0.05, 0.1) is 11.2 Å². The van der Waals surface area contributed by atoms with Crippen LogP contribution < -0.4 is 5.32 Å². The molecule has 0 spiro atoms. The molecule has 4 nitrogen and oxygen atoms in total. The summed E-state index contributed by atoms with van der Waals surface area (Å²) in [4.78, 5) is 16.2. The third kappa shape index (κ3) is 1.15. The Morgan fingerprint density at radius 2 is 2.62 bits per heavy atom. The number of hydrogen-bond acceptors (Lipinski definition) is 4. The molecule has 0 aromatic carbocycles. The Bertz CT molecular complexity index is 350. The van der Waals surface area contributed by atoms with Crippen LogP contribution in [0, 0.1) is 0 Å².